The Balaban J connectivity index is 1.69. The predicted octanol–water partition coefficient (Wildman–Crippen LogP) is 2.48. The average Bonchev–Trinajstić information content (AvgIpc) is 3.15. The van der Waals surface area contributed by atoms with E-state index in [2.05, 4.69) is 19.9 Å². The molecule has 1 atom stereocenters. The zero-order chi connectivity index (χ0) is 20.8. The number of fused-ring (bicyclic) bond motifs is 1. The molecule has 1 aliphatic rings. The summed E-state index contributed by atoms with van der Waals surface area (Å²) in [7, 11) is -2.75. The largest absolute Gasteiger partial charge is 0.497 e. The molecule has 13 heteroatoms. The summed E-state index contributed by atoms with van der Waals surface area (Å²) < 4.78 is 79.7. The lowest BCUT2D eigenvalue weighted by molar-refractivity contribution is -0.141. The van der Waals surface area contributed by atoms with Crippen molar-refractivity contribution in [3.63, 3.8) is 0 Å². The second kappa shape index (κ2) is 6.70. The minimum atomic E-state index is -4.58. The maximum atomic E-state index is 12.6. The molecule has 1 N–H and O–H groups in total. The first kappa shape index (κ1) is 19.1. The van der Waals surface area contributed by atoms with Crippen molar-refractivity contribution in [3.8, 4) is 23.0 Å². The Morgan fingerprint density at radius 3 is 2.62 bits per heavy atom. The molecule has 4 rings (SSSR count). The van der Waals surface area contributed by atoms with Gasteiger partial charge in [0.05, 0.1) is 12.7 Å². The smallest absolute Gasteiger partial charge is 0.433 e. The van der Waals surface area contributed by atoms with Crippen LogP contribution in [0.15, 0.2) is 40.9 Å². The van der Waals surface area contributed by atoms with Gasteiger partial charge in [0.2, 0.25) is 11.8 Å². The van der Waals surface area contributed by atoms with Crippen molar-refractivity contribution in [2.75, 3.05) is 7.11 Å². The predicted molar refractivity (Wildman–Crippen MR) is 90.1 cm³/mol. The quantitative estimate of drug-likeness (QED) is 0.676. The Bertz CT molecular complexity index is 1160. The van der Waals surface area contributed by atoms with E-state index in [1.54, 1.807) is 12.1 Å². The number of methoxy groups -OCH3 is 1. The van der Waals surface area contributed by atoms with E-state index in [0.29, 0.717) is 11.3 Å². The van der Waals surface area contributed by atoms with Crippen LogP contribution < -0.4 is 13.6 Å². The third-order valence-electron chi connectivity index (χ3n) is 3.98. The first-order chi connectivity index (χ1) is 13.7. The van der Waals surface area contributed by atoms with Gasteiger partial charge in [-0.2, -0.15) is 26.3 Å². The zero-order valence-corrected chi connectivity index (χ0v) is 15.3. The zero-order valence-electron chi connectivity index (χ0n) is 14.5. The number of ether oxygens (including phenoxy) is 1. The molecule has 9 nitrogen and oxygen atoms in total. The van der Waals surface area contributed by atoms with Crippen molar-refractivity contribution in [2.24, 2.45) is 0 Å². The molecule has 0 bridgehead atoms. The van der Waals surface area contributed by atoms with Gasteiger partial charge in [0.15, 0.2) is 5.75 Å². The number of alkyl halides is 3. The average molecular weight is 428 g/mol. The fourth-order valence-electron chi connectivity index (χ4n) is 2.64. The number of nitrogens with zero attached hydrogens (tertiary/aromatic N) is 3. The van der Waals surface area contributed by atoms with Crippen LogP contribution in [0, 0.1) is 0 Å². The normalized spacial score (nSPS) is 18.0. The van der Waals surface area contributed by atoms with Crippen molar-refractivity contribution in [2.45, 2.75) is 12.2 Å². The summed E-state index contributed by atoms with van der Waals surface area (Å²) in [6.07, 6.45) is -3.64. The van der Waals surface area contributed by atoms with E-state index in [1.807, 2.05) is 0 Å². The summed E-state index contributed by atoms with van der Waals surface area (Å²) in [5, 5.41) is 7.58. The maximum absolute atomic E-state index is 12.6. The van der Waals surface area contributed by atoms with Gasteiger partial charge in [-0.1, -0.05) is 0 Å². The van der Waals surface area contributed by atoms with E-state index in [4.69, 9.17) is 13.3 Å². The van der Waals surface area contributed by atoms with E-state index in [1.165, 1.54) is 13.2 Å². The number of pyridine rings is 1. The first-order valence-corrected chi connectivity index (χ1v) is 9.34. The summed E-state index contributed by atoms with van der Waals surface area (Å²) in [6.45, 7) is 0. The van der Waals surface area contributed by atoms with Crippen LogP contribution >= 0.6 is 0 Å². The Morgan fingerprint density at radius 1 is 1.17 bits per heavy atom. The summed E-state index contributed by atoms with van der Waals surface area (Å²) >= 11 is 0. The van der Waals surface area contributed by atoms with E-state index in [-0.39, 0.29) is 23.1 Å². The van der Waals surface area contributed by atoms with E-state index < -0.39 is 28.2 Å². The molecule has 0 amide bonds. The van der Waals surface area contributed by atoms with Crippen LogP contribution in [0.2, 0.25) is 0 Å². The maximum Gasteiger partial charge on any atom is 0.433 e. The molecule has 2 aromatic heterocycles. The molecule has 0 saturated carbocycles. The number of nitrogens with one attached hydrogen (secondary N) is 1. The van der Waals surface area contributed by atoms with Crippen molar-refractivity contribution in [1.29, 1.82) is 0 Å². The fraction of sp³-hybridized carbons (Fsp3) is 0.188. The highest BCUT2D eigenvalue weighted by molar-refractivity contribution is 7.85. The summed E-state index contributed by atoms with van der Waals surface area (Å²) in [5.74, 6) is 0.144. The van der Waals surface area contributed by atoms with Gasteiger partial charge in [-0.15, -0.1) is 10.2 Å². The number of hydrogen-bond donors (Lipinski definition) is 1. The number of aromatic nitrogens is 3. The molecule has 0 spiro atoms. The van der Waals surface area contributed by atoms with E-state index >= 15 is 0 Å². The van der Waals surface area contributed by atoms with Crippen molar-refractivity contribution in [1.82, 2.24) is 19.9 Å². The molecule has 29 heavy (non-hydrogen) atoms. The molecule has 0 saturated heterocycles. The minimum absolute atomic E-state index is 0.0176. The van der Waals surface area contributed by atoms with Gasteiger partial charge in [-0.3, -0.25) is 4.98 Å². The molecule has 152 valence electrons. The van der Waals surface area contributed by atoms with Gasteiger partial charge in [-0.05, 0) is 24.3 Å². The molecule has 3 aromatic rings. The van der Waals surface area contributed by atoms with Crippen LogP contribution in [0.1, 0.15) is 23.2 Å². The van der Waals surface area contributed by atoms with E-state index in [0.717, 1.165) is 18.3 Å². The molecule has 0 radical (unpaired) electrons. The third-order valence-corrected chi connectivity index (χ3v) is 4.91. The lowest BCUT2D eigenvalue weighted by Gasteiger charge is -2.24. The topological polar surface area (TPSA) is 116 Å². The number of rotatable bonds is 3. The molecule has 0 fully saturated rings. The van der Waals surface area contributed by atoms with Crippen molar-refractivity contribution >= 4 is 10.3 Å². The Labute approximate surface area is 161 Å². The Hall–Kier alpha value is -3.19. The van der Waals surface area contributed by atoms with Crippen LogP contribution in [-0.2, 0) is 16.5 Å². The highest BCUT2D eigenvalue weighted by atomic mass is 32.2. The number of hydrogen-bond acceptors (Lipinski definition) is 8. The van der Waals surface area contributed by atoms with Crippen LogP contribution in [0.5, 0.6) is 11.5 Å². The standard InChI is InChI=1S/C16H11F3N4O5S/c1-26-9-3-4-10-11(6-9)28-29(24,25)23-13(10)15-22-21-14(27-15)8-2-5-12(20-7-8)16(17,18)19/h2-7,13,23H,1H3. The van der Waals surface area contributed by atoms with Gasteiger partial charge in [0.1, 0.15) is 17.5 Å². The molecular formula is C16H11F3N4O5S. The lowest BCUT2D eigenvalue weighted by atomic mass is 10.1. The summed E-state index contributed by atoms with van der Waals surface area (Å²) in [5.41, 5.74) is -0.538. The van der Waals surface area contributed by atoms with Crippen LogP contribution in [0.3, 0.4) is 0 Å². The highest BCUT2D eigenvalue weighted by Gasteiger charge is 2.36. The van der Waals surface area contributed by atoms with Gasteiger partial charge in [-0.25, -0.2) is 0 Å². The Kier molecular flexibility index (Phi) is 4.42. The first-order valence-electron chi connectivity index (χ1n) is 7.93. The van der Waals surface area contributed by atoms with E-state index in [9.17, 15) is 21.6 Å². The highest BCUT2D eigenvalue weighted by Crippen LogP contribution is 2.38. The van der Waals surface area contributed by atoms with Crippen molar-refractivity contribution in [3.05, 3.63) is 53.7 Å². The fourth-order valence-corrected chi connectivity index (χ4v) is 3.59. The molecule has 1 aromatic carbocycles. The number of halogens is 3. The second-order valence-corrected chi connectivity index (χ2v) is 7.18. The minimum Gasteiger partial charge on any atom is -0.497 e. The summed E-state index contributed by atoms with van der Waals surface area (Å²) in [4.78, 5) is 3.33. The summed E-state index contributed by atoms with van der Waals surface area (Å²) in [6, 6.07) is 5.38. The molecule has 1 unspecified atom stereocenters. The third kappa shape index (κ3) is 3.73. The molecule has 1 aliphatic heterocycles. The van der Waals surface area contributed by atoms with Crippen LogP contribution in [0.4, 0.5) is 13.2 Å². The lowest BCUT2D eigenvalue weighted by Crippen LogP contribution is -2.37. The van der Waals surface area contributed by atoms with Crippen molar-refractivity contribution < 1.29 is 34.9 Å². The van der Waals surface area contributed by atoms with Crippen LogP contribution in [0.25, 0.3) is 11.5 Å². The number of benzene rings is 1. The monoisotopic (exact) mass is 428 g/mol. The molecule has 3 heterocycles. The van der Waals surface area contributed by atoms with Gasteiger partial charge in [0, 0.05) is 17.8 Å². The van der Waals surface area contributed by atoms with Gasteiger partial charge >= 0.3 is 16.5 Å². The second-order valence-electron chi connectivity index (χ2n) is 5.87. The van der Waals surface area contributed by atoms with Gasteiger partial charge in [0.25, 0.3) is 0 Å². The SMILES string of the molecule is COc1ccc2c(c1)OS(=O)(=O)NC2c1nnc(-c2ccc(C(F)(F)F)nc2)o1. The molecule has 0 aliphatic carbocycles. The van der Waals surface area contributed by atoms with Gasteiger partial charge < -0.3 is 13.3 Å². The van der Waals surface area contributed by atoms with Crippen LogP contribution in [-0.4, -0.2) is 30.7 Å². The molecular weight excluding hydrogens is 417 g/mol. The Morgan fingerprint density at radius 2 is 1.97 bits per heavy atom.